The van der Waals surface area contributed by atoms with Crippen LogP contribution in [0.2, 0.25) is 5.02 Å². The second-order valence-electron chi connectivity index (χ2n) is 14.4. The maximum atomic E-state index is 15.1. The molecule has 9 nitrogen and oxygen atoms in total. The van der Waals surface area contributed by atoms with Gasteiger partial charge in [-0.15, -0.1) is 0 Å². The molecule has 50 heavy (non-hydrogen) atoms. The summed E-state index contributed by atoms with van der Waals surface area (Å²) in [5, 5.41) is 11.7. The van der Waals surface area contributed by atoms with Crippen molar-refractivity contribution < 1.29 is 33.4 Å². The number of halogens is 2. The van der Waals surface area contributed by atoms with Crippen LogP contribution < -0.4 is 10.2 Å². The first-order chi connectivity index (χ1) is 23.8. The molecule has 2 aliphatic carbocycles. The molecule has 7 rings (SSSR count). The van der Waals surface area contributed by atoms with E-state index in [1.807, 2.05) is 39.0 Å². The Labute approximate surface area is 294 Å². The van der Waals surface area contributed by atoms with Gasteiger partial charge in [0, 0.05) is 16.5 Å². The van der Waals surface area contributed by atoms with Crippen molar-refractivity contribution in [2.24, 2.45) is 29.6 Å². The lowest BCUT2D eigenvalue weighted by atomic mass is 9.50. The van der Waals surface area contributed by atoms with Gasteiger partial charge in [0.1, 0.15) is 5.82 Å². The van der Waals surface area contributed by atoms with Crippen molar-refractivity contribution in [1.82, 2.24) is 9.91 Å². The SMILES string of the molecule is COc1cc(C=CC2C3=CCC4C(=O)N(C(C)(C)C)C(=O)C4C3CC3C(=O)N(Nc4ccc(F)cc4)C(=O)C23c2ccc(Cl)cc2)ccc1O. The third-order valence-electron chi connectivity index (χ3n) is 10.7. The number of carbonyl (C=O) groups is 4. The maximum absolute atomic E-state index is 15.1. The number of nitrogens with one attached hydrogen (secondary N) is 1. The summed E-state index contributed by atoms with van der Waals surface area (Å²) >= 11 is 6.34. The van der Waals surface area contributed by atoms with E-state index >= 15 is 4.79 Å². The highest BCUT2D eigenvalue weighted by atomic mass is 35.5. The molecule has 4 aliphatic rings. The lowest BCUT2D eigenvalue weighted by Crippen LogP contribution is -2.54. The highest BCUT2D eigenvalue weighted by molar-refractivity contribution is 6.30. The molecule has 1 saturated carbocycles. The van der Waals surface area contributed by atoms with Gasteiger partial charge >= 0.3 is 0 Å². The fourth-order valence-corrected chi connectivity index (χ4v) is 8.69. The Morgan fingerprint density at radius 1 is 0.960 bits per heavy atom. The first-order valence-electron chi connectivity index (χ1n) is 16.6. The van der Waals surface area contributed by atoms with Crippen molar-refractivity contribution in [3.8, 4) is 11.5 Å². The quantitative estimate of drug-likeness (QED) is 0.223. The predicted octanol–water partition coefficient (Wildman–Crippen LogP) is 6.52. The number of hydrazine groups is 1. The minimum Gasteiger partial charge on any atom is -0.504 e. The normalized spacial score (nSPS) is 27.7. The van der Waals surface area contributed by atoms with Crippen molar-refractivity contribution in [3.05, 3.63) is 106 Å². The van der Waals surface area contributed by atoms with E-state index in [2.05, 4.69) is 5.43 Å². The summed E-state index contributed by atoms with van der Waals surface area (Å²) in [6.07, 6.45) is 6.13. The molecule has 6 unspecified atom stereocenters. The van der Waals surface area contributed by atoms with Crippen LogP contribution in [-0.4, -0.2) is 51.3 Å². The average Bonchev–Trinajstić information content (AvgIpc) is 3.47. The van der Waals surface area contributed by atoms with Crippen molar-refractivity contribution >= 4 is 47.0 Å². The second kappa shape index (κ2) is 12.1. The fraction of sp³-hybridized carbons (Fsp3) is 0.333. The van der Waals surface area contributed by atoms with Crippen LogP contribution in [-0.2, 0) is 24.6 Å². The zero-order valence-electron chi connectivity index (χ0n) is 28.0. The Morgan fingerprint density at radius 2 is 1.66 bits per heavy atom. The summed E-state index contributed by atoms with van der Waals surface area (Å²) < 4.78 is 19.1. The van der Waals surface area contributed by atoms with Crippen LogP contribution >= 0.6 is 11.6 Å². The van der Waals surface area contributed by atoms with Crippen molar-refractivity contribution in [2.75, 3.05) is 12.5 Å². The summed E-state index contributed by atoms with van der Waals surface area (Å²) in [5.74, 6) is -5.21. The lowest BCUT2D eigenvalue weighted by molar-refractivity contribution is -0.146. The smallest absolute Gasteiger partial charge is 0.260 e. The molecule has 3 fully saturated rings. The number of ether oxygens (including phenoxy) is 1. The van der Waals surface area contributed by atoms with Crippen LogP contribution in [0.4, 0.5) is 10.1 Å². The third kappa shape index (κ3) is 5.11. The Bertz CT molecular complexity index is 1970. The predicted molar refractivity (Wildman–Crippen MR) is 185 cm³/mol. The molecule has 3 aromatic rings. The van der Waals surface area contributed by atoms with Gasteiger partial charge in [-0.05, 0) is 99.2 Å². The fourth-order valence-electron chi connectivity index (χ4n) is 8.57. The molecule has 4 amide bonds. The number of aromatic hydroxyl groups is 1. The molecule has 0 bridgehead atoms. The number of carbonyl (C=O) groups excluding carboxylic acids is 4. The number of benzene rings is 3. The van der Waals surface area contributed by atoms with E-state index in [0.29, 0.717) is 28.3 Å². The van der Waals surface area contributed by atoms with E-state index in [1.54, 1.807) is 36.4 Å². The first kappa shape index (κ1) is 33.5. The van der Waals surface area contributed by atoms with Crippen LogP contribution in [0, 0.1) is 35.4 Å². The number of amides is 4. The molecule has 0 aromatic heterocycles. The molecule has 2 aliphatic heterocycles. The third-order valence-corrected chi connectivity index (χ3v) is 10.9. The number of anilines is 1. The van der Waals surface area contributed by atoms with Crippen LogP contribution in [0.1, 0.15) is 44.7 Å². The highest BCUT2D eigenvalue weighted by Crippen LogP contribution is 2.61. The van der Waals surface area contributed by atoms with Gasteiger partial charge in [-0.2, -0.15) is 5.01 Å². The number of nitrogens with zero attached hydrogens (tertiary/aromatic N) is 2. The van der Waals surface area contributed by atoms with Crippen molar-refractivity contribution in [1.29, 1.82) is 0 Å². The summed E-state index contributed by atoms with van der Waals surface area (Å²) in [7, 11) is 1.45. The first-order valence-corrected chi connectivity index (χ1v) is 16.9. The molecule has 258 valence electrons. The van der Waals surface area contributed by atoms with E-state index in [-0.39, 0.29) is 29.7 Å². The minimum absolute atomic E-state index is 0.0343. The second-order valence-corrected chi connectivity index (χ2v) is 14.8. The van der Waals surface area contributed by atoms with E-state index in [4.69, 9.17) is 16.3 Å². The average molecular weight is 698 g/mol. The van der Waals surface area contributed by atoms with E-state index < -0.39 is 58.2 Å². The number of likely N-dealkylation sites (tertiary alicyclic amines) is 1. The number of rotatable bonds is 6. The molecule has 0 radical (unpaired) electrons. The van der Waals surface area contributed by atoms with E-state index in [1.165, 1.54) is 42.3 Å². The van der Waals surface area contributed by atoms with Gasteiger partial charge in [0.25, 0.3) is 11.8 Å². The number of methoxy groups -OCH3 is 1. The van der Waals surface area contributed by atoms with Crippen molar-refractivity contribution in [2.45, 2.75) is 44.6 Å². The maximum Gasteiger partial charge on any atom is 0.260 e. The van der Waals surface area contributed by atoms with Crippen LogP contribution in [0.3, 0.4) is 0 Å². The number of hydrogen-bond acceptors (Lipinski definition) is 7. The monoisotopic (exact) mass is 697 g/mol. The van der Waals surface area contributed by atoms with Gasteiger partial charge in [0.05, 0.1) is 36.0 Å². The molecule has 0 spiro atoms. The van der Waals surface area contributed by atoms with Gasteiger partial charge < -0.3 is 9.84 Å². The molecule has 2 saturated heterocycles. The molecular weight excluding hydrogens is 661 g/mol. The summed E-state index contributed by atoms with van der Waals surface area (Å²) in [5.41, 5.74) is 3.12. The zero-order valence-corrected chi connectivity index (χ0v) is 28.8. The molecule has 6 atom stereocenters. The molecule has 3 aromatic carbocycles. The Morgan fingerprint density at radius 3 is 2.32 bits per heavy atom. The number of phenolic OH excluding ortho intramolecular Hbond substituents is 1. The summed E-state index contributed by atoms with van der Waals surface area (Å²) in [4.78, 5) is 59.0. The van der Waals surface area contributed by atoms with Gasteiger partial charge in [0.15, 0.2) is 11.5 Å². The van der Waals surface area contributed by atoms with Gasteiger partial charge in [-0.1, -0.05) is 53.6 Å². The Kier molecular flexibility index (Phi) is 8.13. The Balaban J connectivity index is 1.42. The van der Waals surface area contributed by atoms with Crippen molar-refractivity contribution in [3.63, 3.8) is 0 Å². The Hall–Kier alpha value is -4.96. The topological polar surface area (TPSA) is 116 Å². The van der Waals surface area contributed by atoms with Gasteiger partial charge in [-0.3, -0.25) is 29.5 Å². The van der Waals surface area contributed by atoms with E-state index in [9.17, 15) is 23.9 Å². The largest absolute Gasteiger partial charge is 0.504 e. The molecule has 11 heteroatoms. The number of fused-ring (bicyclic) bond motifs is 4. The molecular formula is C39H37ClFN3O6. The summed E-state index contributed by atoms with van der Waals surface area (Å²) in [6.45, 7) is 5.49. The highest BCUT2D eigenvalue weighted by Gasteiger charge is 2.69. The molecule has 2 heterocycles. The number of imide groups is 2. The van der Waals surface area contributed by atoms with Gasteiger partial charge in [0.2, 0.25) is 11.8 Å². The van der Waals surface area contributed by atoms with Gasteiger partial charge in [-0.25, -0.2) is 4.39 Å². The standard InChI is InChI=1S/C39H37ClFN3O6/c1-38(2,3)43-34(46)27-16-15-26-28(33(27)36(43)48)20-30-35(47)44(42-25-13-11-24(41)12-14-25)37(49)39(30,22-7-9-23(40)10-8-22)29(26)17-5-21-6-18-31(45)32(19-21)50-4/h5-15,17-19,27-30,33,42,45H,16,20H2,1-4H3. The van der Waals surface area contributed by atoms with Crippen LogP contribution in [0.25, 0.3) is 6.08 Å². The van der Waals surface area contributed by atoms with Crippen LogP contribution in [0.5, 0.6) is 11.5 Å². The van der Waals surface area contributed by atoms with E-state index in [0.717, 1.165) is 10.6 Å². The lowest BCUT2D eigenvalue weighted by Gasteiger charge is -2.49. The number of hydrogen-bond donors (Lipinski definition) is 2. The molecule has 2 N–H and O–H groups in total. The zero-order chi connectivity index (χ0) is 35.7. The number of allylic oxidation sites excluding steroid dienone is 3. The number of phenols is 1. The van der Waals surface area contributed by atoms with Crippen LogP contribution in [0.15, 0.2) is 84.5 Å². The minimum atomic E-state index is -1.48. The summed E-state index contributed by atoms with van der Waals surface area (Å²) in [6, 6.07) is 17.1.